The molecule has 0 spiro atoms. The van der Waals surface area contributed by atoms with E-state index in [4.69, 9.17) is 11.6 Å². The first-order valence-corrected chi connectivity index (χ1v) is 8.71. The highest BCUT2D eigenvalue weighted by molar-refractivity contribution is 6.30. The number of fused-ring (bicyclic) bond motifs is 1. The maximum atomic E-state index is 12.8. The van der Waals surface area contributed by atoms with Gasteiger partial charge in [0.25, 0.3) is 11.5 Å². The van der Waals surface area contributed by atoms with Gasteiger partial charge >= 0.3 is 6.18 Å². The van der Waals surface area contributed by atoms with Crippen LogP contribution in [0, 0.1) is 0 Å². The predicted molar refractivity (Wildman–Crippen MR) is 101 cm³/mol. The summed E-state index contributed by atoms with van der Waals surface area (Å²) in [6.45, 7) is 2.11. The Hall–Kier alpha value is -2.74. The Labute approximate surface area is 163 Å². The molecule has 5 nitrogen and oxygen atoms in total. The molecule has 0 aliphatic heterocycles. The number of aromatic nitrogens is 2. The van der Waals surface area contributed by atoms with Gasteiger partial charge in [0, 0.05) is 17.4 Å². The van der Waals surface area contributed by atoms with Gasteiger partial charge in [0.2, 0.25) is 0 Å². The molecular formula is C19H17ClF3N3O2. The van der Waals surface area contributed by atoms with E-state index in [9.17, 15) is 22.8 Å². The van der Waals surface area contributed by atoms with Crippen molar-refractivity contribution in [2.45, 2.75) is 32.1 Å². The lowest BCUT2D eigenvalue weighted by atomic mass is 9.94. The van der Waals surface area contributed by atoms with Crippen LogP contribution in [0.15, 0.2) is 47.5 Å². The Bertz CT molecular complexity index is 1080. The van der Waals surface area contributed by atoms with Gasteiger partial charge < -0.3 is 14.9 Å². The zero-order valence-corrected chi connectivity index (χ0v) is 15.8. The molecule has 148 valence electrons. The molecular weight excluding hydrogens is 395 g/mol. The molecule has 2 aromatic heterocycles. The minimum atomic E-state index is -4.55. The van der Waals surface area contributed by atoms with Crippen LogP contribution in [0.25, 0.3) is 10.9 Å². The SMILES string of the molecule is CC(C)(NC(=O)c1c[nH]c2ccn(CC(F)(F)F)c(=O)c12)c1ccc(Cl)cc1. The van der Waals surface area contributed by atoms with Crippen molar-refractivity contribution in [2.75, 3.05) is 0 Å². The highest BCUT2D eigenvalue weighted by atomic mass is 35.5. The van der Waals surface area contributed by atoms with E-state index < -0.39 is 29.7 Å². The zero-order chi connectivity index (χ0) is 20.7. The molecule has 2 heterocycles. The van der Waals surface area contributed by atoms with Crippen LogP contribution < -0.4 is 10.9 Å². The molecule has 0 unspecified atom stereocenters. The van der Waals surface area contributed by atoms with Gasteiger partial charge in [0.1, 0.15) is 6.54 Å². The van der Waals surface area contributed by atoms with Gasteiger partial charge in [0.15, 0.2) is 0 Å². The number of carbonyl (C=O) groups excluding carboxylic acids is 1. The van der Waals surface area contributed by atoms with Gasteiger partial charge in [-0.15, -0.1) is 0 Å². The van der Waals surface area contributed by atoms with E-state index in [1.54, 1.807) is 38.1 Å². The van der Waals surface area contributed by atoms with Crippen molar-refractivity contribution in [3.05, 3.63) is 69.2 Å². The number of pyridine rings is 1. The third-order valence-corrected chi connectivity index (χ3v) is 4.64. The minimum absolute atomic E-state index is 0.0152. The molecule has 0 fully saturated rings. The van der Waals surface area contributed by atoms with E-state index in [1.165, 1.54) is 12.3 Å². The van der Waals surface area contributed by atoms with Crippen molar-refractivity contribution in [1.82, 2.24) is 14.9 Å². The number of alkyl halides is 3. The van der Waals surface area contributed by atoms with Gasteiger partial charge in [-0.25, -0.2) is 0 Å². The molecule has 9 heteroatoms. The molecule has 0 aliphatic rings. The molecule has 0 saturated carbocycles. The molecule has 0 radical (unpaired) electrons. The smallest absolute Gasteiger partial charge is 0.360 e. The fraction of sp³-hybridized carbons (Fsp3) is 0.263. The van der Waals surface area contributed by atoms with Gasteiger partial charge in [0.05, 0.1) is 22.0 Å². The molecule has 2 N–H and O–H groups in total. The number of H-pyrrole nitrogens is 1. The number of hydrogen-bond donors (Lipinski definition) is 2. The van der Waals surface area contributed by atoms with E-state index in [0.29, 0.717) is 9.59 Å². The normalized spacial score (nSPS) is 12.4. The minimum Gasteiger partial charge on any atom is -0.360 e. The number of rotatable bonds is 4. The number of benzene rings is 1. The second kappa shape index (κ2) is 7.01. The lowest BCUT2D eigenvalue weighted by Crippen LogP contribution is -2.41. The van der Waals surface area contributed by atoms with Crippen LogP contribution in [0.1, 0.15) is 29.8 Å². The first kappa shape index (κ1) is 20.0. The average molecular weight is 412 g/mol. The average Bonchev–Trinajstić information content (AvgIpc) is 3.01. The summed E-state index contributed by atoms with van der Waals surface area (Å²) in [7, 11) is 0. The van der Waals surface area contributed by atoms with Crippen LogP contribution in [0.5, 0.6) is 0 Å². The van der Waals surface area contributed by atoms with Crippen LogP contribution >= 0.6 is 11.6 Å². The molecule has 3 aromatic rings. The summed E-state index contributed by atoms with van der Waals surface area (Å²) in [6.07, 6.45) is -2.18. The number of carbonyl (C=O) groups is 1. The molecule has 3 rings (SSSR count). The highest BCUT2D eigenvalue weighted by Gasteiger charge is 2.30. The summed E-state index contributed by atoms with van der Waals surface area (Å²) in [5, 5.41) is 3.27. The van der Waals surface area contributed by atoms with Gasteiger partial charge in [-0.3, -0.25) is 9.59 Å². The lowest BCUT2D eigenvalue weighted by molar-refractivity contribution is -0.141. The molecule has 1 amide bonds. The Morgan fingerprint density at radius 2 is 1.82 bits per heavy atom. The quantitative estimate of drug-likeness (QED) is 0.675. The monoisotopic (exact) mass is 411 g/mol. The molecule has 0 saturated heterocycles. The standard InChI is InChI=1S/C19H17ClF3N3O2/c1-18(2,11-3-5-12(20)6-4-11)25-16(27)13-9-24-14-7-8-26(10-19(21,22)23)17(28)15(13)14/h3-9,24H,10H2,1-2H3,(H,25,27). The zero-order valence-electron chi connectivity index (χ0n) is 15.0. The summed E-state index contributed by atoms with van der Waals surface area (Å²) < 4.78 is 38.6. The maximum Gasteiger partial charge on any atom is 0.406 e. The van der Waals surface area contributed by atoms with Crippen molar-refractivity contribution < 1.29 is 18.0 Å². The van der Waals surface area contributed by atoms with Crippen molar-refractivity contribution in [1.29, 1.82) is 0 Å². The van der Waals surface area contributed by atoms with Crippen LogP contribution in [-0.2, 0) is 12.1 Å². The van der Waals surface area contributed by atoms with E-state index in [0.717, 1.165) is 11.8 Å². The Balaban J connectivity index is 1.96. The first-order chi connectivity index (χ1) is 13.0. The topological polar surface area (TPSA) is 66.9 Å². The summed E-state index contributed by atoms with van der Waals surface area (Å²) in [6, 6.07) is 8.23. The largest absolute Gasteiger partial charge is 0.406 e. The van der Waals surface area contributed by atoms with Crippen molar-refractivity contribution in [3.63, 3.8) is 0 Å². The van der Waals surface area contributed by atoms with Gasteiger partial charge in [-0.1, -0.05) is 23.7 Å². The van der Waals surface area contributed by atoms with Crippen LogP contribution in [0.2, 0.25) is 5.02 Å². The second-order valence-corrected chi connectivity index (χ2v) is 7.38. The third-order valence-electron chi connectivity index (χ3n) is 4.39. The van der Waals surface area contributed by atoms with Gasteiger partial charge in [-0.05, 0) is 37.6 Å². The van der Waals surface area contributed by atoms with Crippen molar-refractivity contribution >= 4 is 28.4 Å². The summed E-state index contributed by atoms with van der Waals surface area (Å²) in [5.74, 6) is -0.576. The number of halogens is 4. The molecule has 0 aliphatic carbocycles. The second-order valence-electron chi connectivity index (χ2n) is 6.94. The summed E-state index contributed by atoms with van der Waals surface area (Å²) in [5.41, 5.74) is -0.632. The highest BCUT2D eigenvalue weighted by Crippen LogP contribution is 2.24. The number of nitrogens with zero attached hydrogens (tertiary/aromatic N) is 1. The van der Waals surface area contributed by atoms with Crippen LogP contribution in [0.4, 0.5) is 13.2 Å². The van der Waals surface area contributed by atoms with E-state index in [-0.39, 0.29) is 16.5 Å². The van der Waals surface area contributed by atoms with E-state index >= 15 is 0 Å². The van der Waals surface area contributed by atoms with Crippen LogP contribution in [-0.4, -0.2) is 21.6 Å². The third kappa shape index (κ3) is 4.06. The molecule has 0 atom stereocenters. The summed E-state index contributed by atoms with van der Waals surface area (Å²) in [4.78, 5) is 28.1. The van der Waals surface area contributed by atoms with Crippen molar-refractivity contribution in [3.8, 4) is 0 Å². The number of amides is 1. The lowest BCUT2D eigenvalue weighted by Gasteiger charge is -2.27. The summed E-state index contributed by atoms with van der Waals surface area (Å²) >= 11 is 5.88. The maximum absolute atomic E-state index is 12.8. The van der Waals surface area contributed by atoms with E-state index in [1.807, 2.05) is 0 Å². The Kier molecular flexibility index (Phi) is 5.01. The van der Waals surface area contributed by atoms with E-state index in [2.05, 4.69) is 10.3 Å². The molecule has 0 bridgehead atoms. The number of nitrogens with one attached hydrogen (secondary N) is 2. The molecule has 28 heavy (non-hydrogen) atoms. The van der Waals surface area contributed by atoms with Crippen LogP contribution in [0.3, 0.4) is 0 Å². The fourth-order valence-corrected chi connectivity index (χ4v) is 3.09. The number of aromatic amines is 1. The number of hydrogen-bond acceptors (Lipinski definition) is 2. The fourth-order valence-electron chi connectivity index (χ4n) is 2.96. The molecule has 1 aromatic carbocycles. The first-order valence-electron chi connectivity index (χ1n) is 8.34. The predicted octanol–water partition coefficient (Wildman–Crippen LogP) is 4.21. The Morgan fingerprint density at radius 1 is 1.18 bits per heavy atom. The Morgan fingerprint density at radius 3 is 2.43 bits per heavy atom. The van der Waals surface area contributed by atoms with Gasteiger partial charge in [-0.2, -0.15) is 13.2 Å². The van der Waals surface area contributed by atoms with Crippen molar-refractivity contribution in [2.24, 2.45) is 0 Å².